The van der Waals surface area contributed by atoms with Crippen molar-refractivity contribution in [2.24, 2.45) is 11.5 Å². The monoisotopic (exact) mass is 185 g/mol. The lowest BCUT2D eigenvalue weighted by Crippen LogP contribution is -2.35. The Hall–Kier alpha value is -0.120. The zero-order valence-corrected chi connectivity index (χ0v) is 8.47. The molecule has 0 amide bonds. The molecule has 0 aromatic heterocycles. The van der Waals surface area contributed by atoms with Gasteiger partial charge in [0, 0.05) is 12.1 Å². The average molecular weight is 185 g/mol. The third kappa shape index (κ3) is 4.60. The zero-order valence-electron chi connectivity index (χ0n) is 8.47. The van der Waals surface area contributed by atoms with Gasteiger partial charge >= 0.3 is 0 Å². The topological polar surface area (TPSA) is 64.1 Å². The first-order chi connectivity index (χ1) is 6.33. The van der Waals surface area contributed by atoms with Gasteiger partial charge in [-0.25, -0.2) is 0 Å². The summed E-state index contributed by atoms with van der Waals surface area (Å²) in [6.45, 7) is 1.91. The van der Waals surface area contributed by atoms with Crippen LogP contribution >= 0.6 is 0 Å². The van der Waals surface area contributed by atoms with E-state index in [9.17, 15) is 0 Å². The summed E-state index contributed by atoms with van der Waals surface area (Å²) >= 11 is 0. The molecule has 0 saturated carbocycles. The Morgan fingerprint density at radius 3 is 2.77 bits per heavy atom. The Morgan fingerprint density at radius 2 is 2.15 bits per heavy atom. The van der Waals surface area contributed by atoms with Crippen molar-refractivity contribution >= 4 is 0 Å². The second-order valence-corrected chi connectivity index (χ2v) is 4.06. The maximum atomic E-state index is 5.89. The number of hydrogen-bond acceptors (Lipinski definition) is 3. The highest BCUT2D eigenvalue weighted by Gasteiger charge is 2.13. The fourth-order valence-corrected chi connectivity index (χ4v) is 1.94. The molecule has 0 aliphatic carbocycles. The molecule has 78 valence electrons. The van der Waals surface area contributed by atoms with Crippen LogP contribution in [0.2, 0.25) is 0 Å². The first-order valence-corrected chi connectivity index (χ1v) is 5.52. The minimum absolute atomic E-state index is 0.314. The van der Waals surface area contributed by atoms with Gasteiger partial charge in [-0.15, -0.1) is 0 Å². The van der Waals surface area contributed by atoms with E-state index in [4.69, 9.17) is 11.5 Å². The average Bonchev–Trinajstić information content (AvgIpc) is 2.17. The van der Waals surface area contributed by atoms with E-state index >= 15 is 0 Å². The molecule has 3 heteroatoms. The van der Waals surface area contributed by atoms with Crippen LogP contribution in [0.25, 0.3) is 0 Å². The molecule has 0 aromatic carbocycles. The van der Waals surface area contributed by atoms with Crippen molar-refractivity contribution in [1.82, 2.24) is 5.32 Å². The van der Waals surface area contributed by atoms with Crippen molar-refractivity contribution in [3.63, 3.8) is 0 Å². The first-order valence-electron chi connectivity index (χ1n) is 5.52. The van der Waals surface area contributed by atoms with E-state index in [0.717, 1.165) is 25.4 Å². The SMILES string of the molecule is NCCC(N)CCC1CCCCN1. The summed E-state index contributed by atoms with van der Waals surface area (Å²) in [5.74, 6) is 0. The third-order valence-corrected chi connectivity index (χ3v) is 2.84. The number of hydrogen-bond donors (Lipinski definition) is 3. The first kappa shape index (κ1) is 11.0. The molecule has 1 aliphatic heterocycles. The van der Waals surface area contributed by atoms with E-state index < -0.39 is 0 Å². The van der Waals surface area contributed by atoms with Crippen LogP contribution in [0.1, 0.15) is 38.5 Å². The summed E-state index contributed by atoms with van der Waals surface area (Å²) in [5, 5.41) is 3.53. The molecule has 0 bridgehead atoms. The molecule has 3 nitrogen and oxygen atoms in total. The number of piperidine rings is 1. The lowest BCUT2D eigenvalue weighted by molar-refractivity contribution is 0.362. The maximum absolute atomic E-state index is 5.89. The smallest absolute Gasteiger partial charge is 0.00676 e. The van der Waals surface area contributed by atoms with E-state index in [1.165, 1.54) is 32.2 Å². The van der Waals surface area contributed by atoms with Gasteiger partial charge in [0.1, 0.15) is 0 Å². The fourth-order valence-electron chi connectivity index (χ4n) is 1.94. The van der Waals surface area contributed by atoms with Gasteiger partial charge in [0.05, 0.1) is 0 Å². The molecule has 1 rings (SSSR count). The second kappa shape index (κ2) is 6.35. The van der Waals surface area contributed by atoms with E-state index in [-0.39, 0.29) is 0 Å². The highest BCUT2D eigenvalue weighted by atomic mass is 14.9. The largest absolute Gasteiger partial charge is 0.330 e. The minimum atomic E-state index is 0.314. The maximum Gasteiger partial charge on any atom is 0.00676 e. The van der Waals surface area contributed by atoms with Crippen LogP contribution in [0.15, 0.2) is 0 Å². The Labute approximate surface area is 81.2 Å². The minimum Gasteiger partial charge on any atom is -0.330 e. The van der Waals surface area contributed by atoms with E-state index in [0.29, 0.717) is 6.04 Å². The molecule has 1 aliphatic rings. The Kier molecular flexibility index (Phi) is 5.35. The van der Waals surface area contributed by atoms with Gasteiger partial charge in [-0.05, 0) is 45.2 Å². The molecule has 13 heavy (non-hydrogen) atoms. The summed E-state index contributed by atoms with van der Waals surface area (Å²) in [5.41, 5.74) is 11.3. The van der Waals surface area contributed by atoms with E-state index in [1.807, 2.05) is 0 Å². The van der Waals surface area contributed by atoms with Crippen molar-refractivity contribution in [3.05, 3.63) is 0 Å². The molecule has 1 heterocycles. The number of nitrogens with two attached hydrogens (primary N) is 2. The molecule has 2 unspecified atom stereocenters. The highest BCUT2D eigenvalue weighted by molar-refractivity contribution is 4.74. The van der Waals surface area contributed by atoms with Crippen LogP contribution in [0.3, 0.4) is 0 Å². The van der Waals surface area contributed by atoms with Gasteiger partial charge in [-0.2, -0.15) is 0 Å². The van der Waals surface area contributed by atoms with Gasteiger partial charge in [0.25, 0.3) is 0 Å². The van der Waals surface area contributed by atoms with Crippen molar-refractivity contribution in [2.75, 3.05) is 13.1 Å². The van der Waals surface area contributed by atoms with E-state index in [2.05, 4.69) is 5.32 Å². The van der Waals surface area contributed by atoms with Gasteiger partial charge in [-0.3, -0.25) is 0 Å². The van der Waals surface area contributed by atoms with Crippen LogP contribution in [0.4, 0.5) is 0 Å². The zero-order chi connectivity index (χ0) is 9.52. The lowest BCUT2D eigenvalue weighted by Gasteiger charge is -2.24. The van der Waals surface area contributed by atoms with Crippen molar-refractivity contribution in [1.29, 1.82) is 0 Å². The molecule has 1 fully saturated rings. The van der Waals surface area contributed by atoms with Crippen LogP contribution in [0, 0.1) is 0 Å². The summed E-state index contributed by atoms with van der Waals surface area (Å²) in [6, 6.07) is 1.03. The van der Waals surface area contributed by atoms with Crippen LogP contribution < -0.4 is 16.8 Å². The van der Waals surface area contributed by atoms with Gasteiger partial charge < -0.3 is 16.8 Å². The molecule has 5 N–H and O–H groups in total. The molecule has 0 spiro atoms. The predicted octanol–water partition coefficient (Wildman–Crippen LogP) is 0.585. The van der Waals surface area contributed by atoms with Crippen LogP contribution in [-0.2, 0) is 0 Å². The quantitative estimate of drug-likeness (QED) is 0.587. The summed E-state index contributed by atoms with van der Waals surface area (Å²) in [4.78, 5) is 0. The summed E-state index contributed by atoms with van der Waals surface area (Å²) < 4.78 is 0. The van der Waals surface area contributed by atoms with Crippen LogP contribution in [0.5, 0.6) is 0 Å². The van der Waals surface area contributed by atoms with Crippen molar-refractivity contribution < 1.29 is 0 Å². The van der Waals surface area contributed by atoms with Gasteiger partial charge in [0.15, 0.2) is 0 Å². The Balaban J connectivity index is 2.03. The van der Waals surface area contributed by atoms with Gasteiger partial charge in [0.2, 0.25) is 0 Å². The molecule has 0 aromatic rings. The fraction of sp³-hybridized carbons (Fsp3) is 1.00. The second-order valence-electron chi connectivity index (χ2n) is 4.06. The molecular weight excluding hydrogens is 162 g/mol. The summed E-state index contributed by atoms with van der Waals surface area (Å²) in [6.07, 6.45) is 7.35. The Morgan fingerprint density at radius 1 is 1.31 bits per heavy atom. The normalized spacial score (nSPS) is 25.8. The Bertz CT molecular complexity index is 121. The molecule has 2 atom stereocenters. The van der Waals surface area contributed by atoms with Crippen molar-refractivity contribution in [2.45, 2.75) is 50.6 Å². The standard InChI is InChI=1S/C10H23N3/c11-7-6-9(12)4-5-10-3-1-2-8-13-10/h9-10,13H,1-8,11-12H2. The lowest BCUT2D eigenvalue weighted by atomic mass is 9.97. The molecular formula is C10H23N3. The molecule has 0 radical (unpaired) electrons. The predicted molar refractivity (Wildman–Crippen MR) is 56.5 cm³/mol. The number of nitrogens with one attached hydrogen (secondary N) is 1. The van der Waals surface area contributed by atoms with Crippen LogP contribution in [-0.4, -0.2) is 25.2 Å². The third-order valence-electron chi connectivity index (χ3n) is 2.84. The number of rotatable bonds is 5. The highest BCUT2D eigenvalue weighted by Crippen LogP contribution is 2.12. The van der Waals surface area contributed by atoms with Crippen molar-refractivity contribution in [3.8, 4) is 0 Å². The molecule has 1 saturated heterocycles. The summed E-state index contributed by atoms with van der Waals surface area (Å²) in [7, 11) is 0. The van der Waals surface area contributed by atoms with E-state index in [1.54, 1.807) is 0 Å². The van der Waals surface area contributed by atoms with Gasteiger partial charge in [-0.1, -0.05) is 6.42 Å².